The Morgan fingerprint density at radius 1 is 1.17 bits per heavy atom. The summed E-state index contributed by atoms with van der Waals surface area (Å²) >= 11 is 0. The van der Waals surface area contributed by atoms with Crippen molar-refractivity contribution >= 4 is 5.91 Å². The Morgan fingerprint density at radius 2 is 2.08 bits per heavy atom. The van der Waals surface area contributed by atoms with Crippen LogP contribution < -0.4 is 10.1 Å². The number of nitrogens with one attached hydrogen (secondary N) is 1. The van der Waals surface area contributed by atoms with Crippen LogP contribution in [0.25, 0.3) is 11.1 Å². The molecule has 1 amide bonds. The molecule has 3 aromatic rings. The average molecular weight is 322 g/mol. The highest BCUT2D eigenvalue weighted by Crippen LogP contribution is 2.24. The van der Waals surface area contributed by atoms with E-state index in [-0.39, 0.29) is 5.91 Å². The molecule has 2 aromatic heterocycles. The lowest BCUT2D eigenvalue weighted by Gasteiger charge is -2.08. The molecule has 1 aromatic carbocycles. The van der Waals surface area contributed by atoms with Crippen LogP contribution in [0, 0.1) is 0 Å². The van der Waals surface area contributed by atoms with E-state index in [0.29, 0.717) is 24.5 Å². The summed E-state index contributed by atoms with van der Waals surface area (Å²) in [6.45, 7) is 2.89. The largest absolute Gasteiger partial charge is 0.494 e. The smallest absolute Gasteiger partial charge is 0.253 e. The van der Waals surface area contributed by atoms with Gasteiger partial charge in [0.1, 0.15) is 11.5 Å². The monoisotopic (exact) mass is 322 g/mol. The highest BCUT2D eigenvalue weighted by Gasteiger charge is 2.09. The second kappa shape index (κ2) is 7.46. The molecule has 1 N–H and O–H groups in total. The van der Waals surface area contributed by atoms with Gasteiger partial charge in [0.15, 0.2) is 0 Å². The summed E-state index contributed by atoms with van der Waals surface area (Å²) in [6, 6.07) is 13.1. The van der Waals surface area contributed by atoms with Gasteiger partial charge in [-0.2, -0.15) is 0 Å². The first-order valence-corrected chi connectivity index (χ1v) is 7.75. The Hall–Kier alpha value is -3.08. The van der Waals surface area contributed by atoms with Gasteiger partial charge in [-0.3, -0.25) is 9.78 Å². The maximum Gasteiger partial charge on any atom is 0.253 e. The van der Waals surface area contributed by atoms with Crippen LogP contribution in [0.1, 0.15) is 23.0 Å². The first kappa shape index (κ1) is 15.8. The number of hydrogen-bond donors (Lipinski definition) is 1. The SMILES string of the molecule is CCOc1cccc(-c2cncc(C(=O)NCc3ccco3)c2)c1. The lowest BCUT2D eigenvalue weighted by molar-refractivity contribution is 0.0947. The Bertz CT molecular complexity index is 813. The summed E-state index contributed by atoms with van der Waals surface area (Å²) in [5, 5.41) is 2.81. The Balaban J connectivity index is 1.76. The second-order valence-electron chi connectivity index (χ2n) is 5.19. The van der Waals surface area contributed by atoms with Crippen molar-refractivity contribution in [3.05, 3.63) is 72.4 Å². The van der Waals surface area contributed by atoms with Gasteiger partial charge in [-0.15, -0.1) is 0 Å². The zero-order chi connectivity index (χ0) is 16.8. The van der Waals surface area contributed by atoms with Crippen molar-refractivity contribution in [2.24, 2.45) is 0 Å². The van der Waals surface area contributed by atoms with E-state index in [1.165, 1.54) is 0 Å². The molecule has 0 saturated carbocycles. The molecule has 122 valence electrons. The number of nitrogens with zero attached hydrogens (tertiary/aromatic N) is 1. The van der Waals surface area contributed by atoms with Crippen LogP contribution in [-0.4, -0.2) is 17.5 Å². The highest BCUT2D eigenvalue weighted by atomic mass is 16.5. The van der Waals surface area contributed by atoms with E-state index in [9.17, 15) is 4.79 Å². The average Bonchev–Trinajstić information content (AvgIpc) is 3.14. The Morgan fingerprint density at radius 3 is 2.88 bits per heavy atom. The molecule has 0 radical (unpaired) electrons. The third-order valence-electron chi connectivity index (χ3n) is 3.48. The molecule has 0 spiro atoms. The number of pyridine rings is 1. The van der Waals surface area contributed by atoms with E-state index in [1.807, 2.05) is 43.3 Å². The maximum absolute atomic E-state index is 12.3. The van der Waals surface area contributed by atoms with Crippen LogP contribution in [0.2, 0.25) is 0 Å². The summed E-state index contributed by atoms with van der Waals surface area (Å²) in [5.41, 5.74) is 2.32. The summed E-state index contributed by atoms with van der Waals surface area (Å²) in [5.74, 6) is 1.31. The fourth-order valence-corrected chi connectivity index (χ4v) is 2.34. The maximum atomic E-state index is 12.3. The fraction of sp³-hybridized carbons (Fsp3) is 0.158. The van der Waals surface area contributed by atoms with E-state index < -0.39 is 0 Å². The topological polar surface area (TPSA) is 64.4 Å². The van der Waals surface area contributed by atoms with Gasteiger partial charge in [-0.25, -0.2) is 0 Å². The second-order valence-corrected chi connectivity index (χ2v) is 5.19. The molecule has 24 heavy (non-hydrogen) atoms. The van der Waals surface area contributed by atoms with Crippen LogP contribution in [0.15, 0.2) is 65.5 Å². The van der Waals surface area contributed by atoms with Crippen LogP contribution in [0.3, 0.4) is 0 Å². The van der Waals surface area contributed by atoms with Gasteiger partial charge < -0.3 is 14.5 Å². The number of furan rings is 1. The molecule has 0 fully saturated rings. The molecule has 0 aliphatic rings. The van der Waals surface area contributed by atoms with E-state index in [1.54, 1.807) is 24.7 Å². The number of aromatic nitrogens is 1. The van der Waals surface area contributed by atoms with Gasteiger partial charge in [-0.05, 0) is 42.8 Å². The third kappa shape index (κ3) is 3.81. The molecule has 0 saturated heterocycles. The van der Waals surface area contributed by atoms with Crippen LogP contribution >= 0.6 is 0 Å². The molecule has 0 unspecified atom stereocenters. The Labute approximate surface area is 140 Å². The predicted molar refractivity (Wildman–Crippen MR) is 90.7 cm³/mol. The molecule has 5 nitrogen and oxygen atoms in total. The number of carbonyl (C=O) groups is 1. The lowest BCUT2D eigenvalue weighted by atomic mass is 10.1. The minimum absolute atomic E-state index is 0.193. The molecule has 0 aliphatic carbocycles. The van der Waals surface area contributed by atoms with Crippen molar-refractivity contribution in [1.29, 1.82) is 0 Å². The van der Waals surface area contributed by atoms with E-state index in [4.69, 9.17) is 9.15 Å². The van der Waals surface area contributed by atoms with E-state index in [0.717, 1.165) is 16.9 Å². The number of rotatable bonds is 6. The van der Waals surface area contributed by atoms with Crippen molar-refractivity contribution in [3.63, 3.8) is 0 Å². The number of ether oxygens (including phenoxy) is 1. The van der Waals surface area contributed by atoms with Crippen molar-refractivity contribution < 1.29 is 13.9 Å². The van der Waals surface area contributed by atoms with Gasteiger partial charge in [0.2, 0.25) is 0 Å². The first-order valence-electron chi connectivity index (χ1n) is 7.75. The first-order chi connectivity index (χ1) is 11.8. The molecule has 0 bridgehead atoms. The van der Waals surface area contributed by atoms with Crippen molar-refractivity contribution in [2.45, 2.75) is 13.5 Å². The quantitative estimate of drug-likeness (QED) is 0.752. The zero-order valence-electron chi connectivity index (χ0n) is 13.4. The summed E-state index contributed by atoms with van der Waals surface area (Å²) in [4.78, 5) is 16.5. The molecular formula is C19H18N2O3. The molecule has 0 atom stereocenters. The van der Waals surface area contributed by atoms with Crippen molar-refractivity contribution in [3.8, 4) is 16.9 Å². The van der Waals surface area contributed by atoms with Gasteiger partial charge in [0.25, 0.3) is 5.91 Å². The molecule has 5 heteroatoms. The van der Waals surface area contributed by atoms with Gasteiger partial charge >= 0.3 is 0 Å². The lowest BCUT2D eigenvalue weighted by Crippen LogP contribution is -2.22. The summed E-state index contributed by atoms with van der Waals surface area (Å²) < 4.78 is 10.7. The third-order valence-corrected chi connectivity index (χ3v) is 3.48. The van der Waals surface area contributed by atoms with Crippen LogP contribution in [0.5, 0.6) is 5.75 Å². The number of hydrogen-bond acceptors (Lipinski definition) is 4. The molecule has 2 heterocycles. The van der Waals surface area contributed by atoms with E-state index >= 15 is 0 Å². The van der Waals surface area contributed by atoms with Gasteiger partial charge in [0.05, 0.1) is 25.0 Å². The zero-order valence-corrected chi connectivity index (χ0v) is 13.4. The summed E-state index contributed by atoms with van der Waals surface area (Å²) in [7, 11) is 0. The normalized spacial score (nSPS) is 10.4. The number of amides is 1. The molecular weight excluding hydrogens is 304 g/mol. The van der Waals surface area contributed by atoms with Crippen molar-refractivity contribution in [1.82, 2.24) is 10.3 Å². The predicted octanol–water partition coefficient (Wildman–Crippen LogP) is 3.67. The molecule has 3 rings (SSSR count). The van der Waals surface area contributed by atoms with Crippen molar-refractivity contribution in [2.75, 3.05) is 6.61 Å². The van der Waals surface area contributed by atoms with E-state index in [2.05, 4.69) is 10.3 Å². The molecule has 0 aliphatic heterocycles. The standard InChI is InChI=1S/C19H18N2O3/c1-2-23-17-6-3-5-14(10-17)15-9-16(12-20-11-15)19(22)21-13-18-7-4-8-24-18/h3-12H,2,13H2,1H3,(H,21,22). The minimum Gasteiger partial charge on any atom is -0.494 e. The van der Waals surface area contributed by atoms with Gasteiger partial charge in [0, 0.05) is 18.0 Å². The number of benzene rings is 1. The highest BCUT2D eigenvalue weighted by molar-refractivity contribution is 5.95. The van der Waals surface area contributed by atoms with Crippen LogP contribution in [-0.2, 0) is 6.54 Å². The Kier molecular flexibility index (Phi) is 4.91. The summed E-state index contributed by atoms with van der Waals surface area (Å²) in [6.07, 6.45) is 4.86. The van der Waals surface area contributed by atoms with Gasteiger partial charge in [-0.1, -0.05) is 12.1 Å². The van der Waals surface area contributed by atoms with Crippen LogP contribution in [0.4, 0.5) is 0 Å². The number of carbonyl (C=O) groups excluding carboxylic acids is 1. The minimum atomic E-state index is -0.193. The fourth-order valence-electron chi connectivity index (χ4n) is 2.34.